The molecule has 0 aliphatic carbocycles. The standard InChI is InChI=1S/C15H14N4O/c1-11-14(10-12-8-9-18(2)17-12)15(20)19(16-11)13-6-4-3-5-7-13/h3-10H,1-2H3/b14-10+. The number of hydrazone groups is 1. The van der Waals surface area contributed by atoms with Crippen LogP contribution >= 0.6 is 0 Å². The van der Waals surface area contributed by atoms with E-state index in [0.717, 1.165) is 11.4 Å². The van der Waals surface area contributed by atoms with Crippen LogP contribution in [0.15, 0.2) is 53.3 Å². The molecule has 0 saturated carbocycles. The molecule has 0 unspecified atom stereocenters. The Kier molecular flexibility index (Phi) is 2.95. The summed E-state index contributed by atoms with van der Waals surface area (Å²) in [6, 6.07) is 11.3. The van der Waals surface area contributed by atoms with Crippen LogP contribution in [0.1, 0.15) is 12.6 Å². The molecule has 3 rings (SSSR count). The van der Waals surface area contributed by atoms with Crippen molar-refractivity contribution in [2.45, 2.75) is 6.92 Å². The van der Waals surface area contributed by atoms with E-state index >= 15 is 0 Å². The third-order valence-electron chi connectivity index (χ3n) is 3.09. The highest BCUT2D eigenvalue weighted by molar-refractivity contribution is 6.32. The highest BCUT2D eigenvalue weighted by Crippen LogP contribution is 2.24. The molecule has 1 aromatic heterocycles. The van der Waals surface area contributed by atoms with Crippen LogP contribution in [0.3, 0.4) is 0 Å². The monoisotopic (exact) mass is 266 g/mol. The van der Waals surface area contributed by atoms with Crippen molar-refractivity contribution < 1.29 is 4.79 Å². The molecule has 0 fully saturated rings. The summed E-state index contributed by atoms with van der Waals surface area (Å²) in [5.74, 6) is -0.126. The van der Waals surface area contributed by atoms with E-state index in [-0.39, 0.29) is 5.91 Å². The van der Waals surface area contributed by atoms with Crippen LogP contribution in [-0.2, 0) is 11.8 Å². The molecule has 5 nitrogen and oxygen atoms in total. The van der Waals surface area contributed by atoms with Gasteiger partial charge in [0.15, 0.2) is 0 Å². The Balaban J connectivity index is 1.95. The summed E-state index contributed by atoms with van der Waals surface area (Å²) < 4.78 is 1.70. The first-order valence-corrected chi connectivity index (χ1v) is 6.31. The van der Waals surface area contributed by atoms with E-state index in [1.807, 2.05) is 56.6 Å². The van der Waals surface area contributed by atoms with Gasteiger partial charge in [-0.05, 0) is 31.2 Å². The maximum absolute atomic E-state index is 12.4. The number of amides is 1. The Labute approximate surface area is 116 Å². The Morgan fingerprint density at radius 1 is 1.15 bits per heavy atom. The van der Waals surface area contributed by atoms with Crippen molar-refractivity contribution in [1.29, 1.82) is 0 Å². The summed E-state index contributed by atoms with van der Waals surface area (Å²) >= 11 is 0. The molecule has 0 N–H and O–H groups in total. The predicted molar refractivity (Wildman–Crippen MR) is 78.2 cm³/mol. The van der Waals surface area contributed by atoms with Crippen LogP contribution in [0.4, 0.5) is 5.69 Å². The second kappa shape index (κ2) is 4.77. The van der Waals surface area contributed by atoms with Gasteiger partial charge in [0.05, 0.1) is 22.7 Å². The summed E-state index contributed by atoms with van der Waals surface area (Å²) in [4.78, 5) is 12.4. The van der Waals surface area contributed by atoms with E-state index in [0.29, 0.717) is 11.3 Å². The van der Waals surface area contributed by atoms with Crippen molar-refractivity contribution in [3.05, 3.63) is 53.9 Å². The van der Waals surface area contributed by atoms with Crippen LogP contribution in [0.25, 0.3) is 6.08 Å². The maximum Gasteiger partial charge on any atom is 0.280 e. The van der Waals surface area contributed by atoms with Gasteiger partial charge in [-0.15, -0.1) is 0 Å². The van der Waals surface area contributed by atoms with Crippen molar-refractivity contribution in [2.24, 2.45) is 12.1 Å². The molecule has 0 bridgehead atoms. The van der Waals surface area contributed by atoms with Gasteiger partial charge in [-0.2, -0.15) is 15.2 Å². The van der Waals surface area contributed by atoms with Gasteiger partial charge in [0.25, 0.3) is 5.91 Å². The number of aromatic nitrogens is 2. The molecule has 0 spiro atoms. The van der Waals surface area contributed by atoms with Crippen molar-refractivity contribution in [3.63, 3.8) is 0 Å². The summed E-state index contributed by atoms with van der Waals surface area (Å²) in [5, 5.41) is 10.00. The number of carbonyl (C=O) groups excluding carboxylic acids is 1. The van der Waals surface area contributed by atoms with Crippen molar-refractivity contribution in [2.75, 3.05) is 5.01 Å². The van der Waals surface area contributed by atoms with Crippen LogP contribution in [-0.4, -0.2) is 21.4 Å². The van der Waals surface area contributed by atoms with Crippen molar-refractivity contribution in [1.82, 2.24) is 9.78 Å². The fourth-order valence-corrected chi connectivity index (χ4v) is 2.09. The summed E-state index contributed by atoms with van der Waals surface area (Å²) in [5.41, 5.74) is 2.79. The van der Waals surface area contributed by atoms with Gasteiger partial charge in [-0.1, -0.05) is 18.2 Å². The number of anilines is 1. The second-order valence-electron chi connectivity index (χ2n) is 4.61. The number of hydrogen-bond acceptors (Lipinski definition) is 3. The lowest BCUT2D eigenvalue weighted by Gasteiger charge is -2.10. The lowest BCUT2D eigenvalue weighted by Crippen LogP contribution is -2.21. The molecule has 0 atom stereocenters. The number of para-hydroxylation sites is 1. The van der Waals surface area contributed by atoms with Crippen LogP contribution < -0.4 is 5.01 Å². The van der Waals surface area contributed by atoms with Crippen LogP contribution in [0, 0.1) is 0 Å². The molecule has 0 saturated heterocycles. The number of nitrogens with zero attached hydrogens (tertiary/aromatic N) is 4. The Bertz CT molecular complexity index is 712. The molecule has 5 heteroatoms. The first kappa shape index (κ1) is 12.3. The van der Waals surface area contributed by atoms with E-state index in [1.165, 1.54) is 5.01 Å². The quantitative estimate of drug-likeness (QED) is 0.783. The number of aryl methyl sites for hydroxylation is 1. The van der Waals surface area contributed by atoms with E-state index < -0.39 is 0 Å². The molecule has 100 valence electrons. The van der Waals surface area contributed by atoms with Crippen molar-refractivity contribution >= 4 is 23.4 Å². The molecule has 0 radical (unpaired) electrons. The lowest BCUT2D eigenvalue weighted by atomic mass is 10.1. The molecule has 2 heterocycles. The zero-order valence-corrected chi connectivity index (χ0v) is 11.3. The van der Waals surface area contributed by atoms with E-state index in [2.05, 4.69) is 10.2 Å². The third kappa shape index (κ3) is 2.14. The lowest BCUT2D eigenvalue weighted by molar-refractivity contribution is -0.114. The summed E-state index contributed by atoms with van der Waals surface area (Å²) in [7, 11) is 1.84. The van der Waals surface area contributed by atoms with E-state index in [9.17, 15) is 4.79 Å². The van der Waals surface area contributed by atoms with Crippen LogP contribution in [0.2, 0.25) is 0 Å². The van der Waals surface area contributed by atoms with Gasteiger partial charge < -0.3 is 0 Å². The minimum atomic E-state index is -0.126. The van der Waals surface area contributed by atoms with Crippen molar-refractivity contribution in [3.8, 4) is 0 Å². The van der Waals surface area contributed by atoms with Gasteiger partial charge in [0.2, 0.25) is 0 Å². The molecule has 1 aromatic carbocycles. The number of rotatable bonds is 2. The predicted octanol–water partition coefficient (Wildman–Crippen LogP) is 2.23. The summed E-state index contributed by atoms with van der Waals surface area (Å²) in [6.07, 6.45) is 3.61. The van der Waals surface area contributed by atoms with E-state index in [1.54, 1.807) is 10.8 Å². The average Bonchev–Trinajstić information content (AvgIpc) is 2.98. The van der Waals surface area contributed by atoms with Gasteiger partial charge in [0.1, 0.15) is 0 Å². The summed E-state index contributed by atoms with van der Waals surface area (Å²) in [6.45, 7) is 1.83. The van der Waals surface area contributed by atoms with Gasteiger partial charge >= 0.3 is 0 Å². The Hall–Kier alpha value is -2.69. The Morgan fingerprint density at radius 2 is 1.90 bits per heavy atom. The number of benzene rings is 1. The topological polar surface area (TPSA) is 50.5 Å². The fraction of sp³-hybridized carbons (Fsp3) is 0.133. The highest BCUT2D eigenvalue weighted by Gasteiger charge is 2.28. The van der Waals surface area contributed by atoms with Gasteiger partial charge in [-0.3, -0.25) is 9.48 Å². The molecule has 1 amide bonds. The molecule has 20 heavy (non-hydrogen) atoms. The Morgan fingerprint density at radius 3 is 2.55 bits per heavy atom. The molecular formula is C15H14N4O. The minimum absolute atomic E-state index is 0.126. The van der Waals surface area contributed by atoms with Gasteiger partial charge in [0, 0.05) is 13.2 Å². The number of carbonyl (C=O) groups is 1. The third-order valence-corrected chi connectivity index (χ3v) is 3.09. The molecular weight excluding hydrogens is 252 g/mol. The van der Waals surface area contributed by atoms with Crippen LogP contribution in [0.5, 0.6) is 0 Å². The molecule has 2 aromatic rings. The zero-order chi connectivity index (χ0) is 14.1. The maximum atomic E-state index is 12.4. The highest BCUT2D eigenvalue weighted by atomic mass is 16.2. The normalized spacial score (nSPS) is 16.9. The van der Waals surface area contributed by atoms with E-state index in [4.69, 9.17) is 0 Å². The second-order valence-corrected chi connectivity index (χ2v) is 4.61. The molecule has 1 aliphatic heterocycles. The minimum Gasteiger partial charge on any atom is -0.275 e. The smallest absolute Gasteiger partial charge is 0.275 e. The SMILES string of the molecule is CC1=NN(c2ccccc2)C(=O)/C1=C/c1ccn(C)n1. The zero-order valence-electron chi connectivity index (χ0n) is 11.3. The first-order valence-electron chi connectivity index (χ1n) is 6.31. The largest absolute Gasteiger partial charge is 0.280 e. The fourth-order valence-electron chi connectivity index (χ4n) is 2.09. The van der Waals surface area contributed by atoms with Gasteiger partial charge in [-0.25, -0.2) is 0 Å². The average molecular weight is 266 g/mol. The molecule has 1 aliphatic rings. The number of hydrogen-bond donors (Lipinski definition) is 0. The first-order chi connectivity index (χ1) is 9.65.